The van der Waals surface area contributed by atoms with Gasteiger partial charge in [0.2, 0.25) is 0 Å². The normalized spacial score (nSPS) is 10.2. The van der Waals surface area contributed by atoms with E-state index in [-0.39, 0.29) is 11.7 Å². The molecule has 0 atom stereocenters. The van der Waals surface area contributed by atoms with Crippen molar-refractivity contribution in [3.63, 3.8) is 0 Å². The predicted octanol–water partition coefficient (Wildman–Crippen LogP) is 3.59. The Morgan fingerprint density at radius 2 is 1.85 bits per heavy atom. The minimum absolute atomic E-state index is 0.275. The molecular weight excluding hydrogens is 252 g/mol. The molecule has 4 nitrogen and oxygen atoms in total. The van der Waals surface area contributed by atoms with Crippen molar-refractivity contribution < 1.29 is 9.21 Å². The molecular formula is C16H12N2O2. The number of amides is 1. The molecule has 0 saturated heterocycles. The Labute approximate surface area is 116 Å². The van der Waals surface area contributed by atoms with E-state index in [4.69, 9.17) is 4.42 Å². The summed E-state index contributed by atoms with van der Waals surface area (Å²) in [4.78, 5) is 16.1. The smallest absolute Gasteiger partial charge is 0.291 e. The lowest BCUT2D eigenvalue weighted by Crippen LogP contribution is -2.10. The third kappa shape index (κ3) is 2.59. The highest BCUT2D eigenvalue weighted by atomic mass is 16.3. The van der Waals surface area contributed by atoms with Crippen molar-refractivity contribution in [2.24, 2.45) is 0 Å². The number of carbonyl (C=O) groups excluding carboxylic acids is 1. The fourth-order valence-electron chi connectivity index (χ4n) is 1.85. The van der Waals surface area contributed by atoms with Gasteiger partial charge in [-0.3, -0.25) is 9.78 Å². The lowest BCUT2D eigenvalue weighted by atomic mass is 10.1. The maximum Gasteiger partial charge on any atom is 0.291 e. The van der Waals surface area contributed by atoms with Crippen molar-refractivity contribution in [2.45, 2.75) is 0 Å². The van der Waals surface area contributed by atoms with E-state index in [1.807, 2.05) is 42.5 Å². The molecule has 0 saturated carbocycles. The third-order valence-electron chi connectivity index (χ3n) is 2.84. The lowest BCUT2D eigenvalue weighted by molar-refractivity contribution is 0.0996. The maximum atomic E-state index is 11.8. The average molecular weight is 264 g/mol. The largest absolute Gasteiger partial charge is 0.459 e. The van der Waals surface area contributed by atoms with Crippen LogP contribution < -0.4 is 5.32 Å². The highest BCUT2D eigenvalue weighted by Gasteiger charge is 2.08. The first kappa shape index (κ1) is 12.2. The molecule has 0 bridgehead atoms. The Morgan fingerprint density at radius 3 is 2.50 bits per heavy atom. The molecule has 3 rings (SSSR count). The van der Waals surface area contributed by atoms with Gasteiger partial charge in [-0.05, 0) is 24.3 Å². The minimum atomic E-state index is -0.288. The highest BCUT2D eigenvalue weighted by molar-refractivity contribution is 6.02. The zero-order valence-corrected chi connectivity index (χ0v) is 10.6. The Kier molecular flexibility index (Phi) is 3.29. The first-order valence-electron chi connectivity index (χ1n) is 6.19. The molecule has 20 heavy (non-hydrogen) atoms. The van der Waals surface area contributed by atoms with Crippen LogP contribution in [-0.4, -0.2) is 10.9 Å². The van der Waals surface area contributed by atoms with Crippen LogP contribution in [0.5, 0.6) is 0 Å². The molecule has 1 N–H and O–H groups in total. The summed E-state index contributed by atoms with van der Waals surface area (Å²) in [6, 6.07) is 16.8. The van der Waals surface area contributed by atoms with E-state index in [0.29, 0.717) is 5.69 Å². The first-order valence-corrected chi connectivity index (χ1v) is 6.19. The van der Waals surface area contributed by atoms with Crippen LogP contribution in [0.1, 0.15) is 10.6 Å². The summed E-state index contributed by atoms with van der Waals surface area (Å²) in [5.74, 6) is -0.0126. The summed E-state index contributed by atoms with van der Waals surface area (Å²) >= 11 is 0. The quantitative estimate of drug-likeness (QED) is 0.786. The Bertz CT molecular complexity index is 689. The number of rotatable bonds is 3. The van der Waals surface area contributed by atoms with Crippen LogP contribution in [0.15, 0.2) is 71.5 Å². The molecule has 2 aromatic heterocycles. The number of carbonyl (C=O) groups is 1. The molecule has 1 aromatic carbocycles. The zero-order valence-electron chi connectivity index (χ0n) is 10.6. The third-order valence-corrected chi connectivity index (χ3v) is 2.84. The Hall–Kier alpha value is -2.88. The van der Waals surface area contributed by atoms with E-state index in [1.54, 1.807) is 18.3 Å². The molecule has 3 aromatic rings. The molecule has 0 aliphatic rings. The van der Waals surface area contributed by atoms with E-state index >= 15 is 0 Å². The lowest BCUT2D eigenvalue weighted by Gasteiger charge is -2.04. The number of nitrogens with one attached hydrogen (secondary N) is 1. The van der Waals surface area contributed by atoms with E-state index in [2.05, 4.69) is 10.3 Å². The molecule has 0 unspecified atom stereocenters. The number of furan rings is 1. The standard InChI is InChI=1S/C16H12N2O2/c19-16(15-7-4-10-20-15)18-13-8-9-14(17-11-13)12-5-2-1-3-6-12/h1-11H,(H,18,19). The molecule has 0 fully saturated rings. The summed E-state index contributed by atoms with van der Waals surface area (Å²) in [5, 5.41) is 2.73. The van der Waals surface area contributed by atoms with Crippen LogP contribution >= 0.6 is 0 Å². The van der Waals surface area contributed by atoms with Gasteiger partial charge in [-0.1, -0.05) is 30.3 Å². The van der Waals surface area contributed by atoms with Gasteiger partial charge in [0.15, 0.2) is 5.76 Å². The van der Waals surface area contributed by atoms with E-state index in [1.165, 1.54) is 6.26 Å². The van der Waals surface area contributed by atoms with Crippen LogP contribution in [0.2, 0.25) is 0 Å². The van der Waals surface area contributed by atoms with Crippen molar-refractivity contribution in [1.82, 2.24) is 4.98 Å². The van der Waals surface area contributed by atoms with E-state index < -0.39 is 0 Å². The molecule has 2 heterocycles. The molecule has 0 aliphatic carbocycles. The van der Waals surface area contributed by atoms with Crippen LogP contribution in [0, 0.1) is 0 Å². The molecule has 1 amide bonds. The van der Waals surface area contributed by atoms with Gasteiger partial charge in [-0.25, -0.2) is 0 Å². The van der Waals surface area contributed by atoms with Gasteiger partial charge in [0.05, 0.1) is 23.8 Å². The van der Waals surface area contributed by atoms with Crippen LogP contribution in [0.25, 0.3) is 11.3 Å². The number of aromatic nitrogens is 1. The monoisotopic (exact) mass is 264 g/mol. The van der Waals surface area contributed by atoms with Crippen LogP contribution in [0.4, 0.5) is 5.69 Å². The summed E-state index contributed by atoms with van der Waals surface area (Å²) in [7, 11) is 0. The van der Waals surface area contributed by atoms with Crippen molar-refractivity contribution >= 4 is 11.6 Å². The van der Waals surface area contributed by atoms with Gasteiger partial charge in [0.25, 0.3) is 5.91 Å². The van der Waals surface area contributed by atoms with Crippen LogP contribution in [0.3, 0.4) is 0 Å². The van der Waals surface area contributed by atoms with Gasteiger partial charge in [0.1, 0.15) is 0 Å². The number of pyridine rings is 1. The molecule has 98 valence electrons. The summed E-state index contributed by atoms with van der Waals surface area (Å²) in [6.45, 7) is 0. The van der Waals surface area contributed by atoms with E-state index in [9.17, 15) is 4.79 Å². The fourth-order valence-corrected chi connectivity index (χ4v) is 1.85. The first-order chi connectivity index (χ1) is 9.83. The number of benzene rings is 1. The van der Waals surface area contributed by atoms with Gasteiger partial charge < -0.3 is 9.73 Å². The summed E-state index contributed by atoms with van der Waals surface area (Å²) in [5.41, 5.74) is 2.53. The number of hydrogen-bond donors (Lipinski definition) is 1. The predicted molar refractivity (Wildman–Crippen MR) is 76.3 cm³/mol. The molecule has 0 aliphatic heterocycles. The minimum Gasteiger partial charge on any atom is -0.459 e. The van der Waals surface area contributed by atoms with Crippen molar-refractivity contribution in [2.75, 3.05) is 5.32 Å². The second-order valence-corrected chi connectivity index (χ2v) is 4.23. The van der Waals surface area contributed by atoms with Gasteiger partial charge in [-0.15, -0.1) is 0 Å². The molecule has 0 radical (unpaired) electrons. The van der Waals surface area contributed by atoms with Crippen molar-refractivity contribution in [3.8, 4) is 11.3 Å². The second-order valence-electron chi connectivity index (χ2n) is 4.23. The second kappa shape index (κ2) is 5.40. The molecule has 4 heteroatoms. The average Bonchev–Trinajstić information content (AvgIpc) is 3.03. The van der Waals surface area contributed by atoms with Gasteiger partial charge in [-0.2, -0.15) is 0 Å². The maximum absolute atomic E-state index is 11.8. The summed E-state index contributed by atoms with van der Waals surface area (Å²) in [6.07, 6.45) is 3.09. The topological polar surface area (TPSA) is 55.1 Å². The van der Waals surface area contributed by atoms with Crippen LogP contribution in [-0.2, 0) is 0 Å². The SMILES string of the molecule is O=C(Nc1ccc(-c2ccccc2)nc1)c1ccco1. The highest BCUT2D eigenvalue weighted by Crippen LogP contribution is 2.18. The van der Waals surface area contributed by atoms with E-state index in [0.717, 1.165) is 11.3 Å². The van der Waals surface area contributed by atoms with Crippen molar-refractivity contribution in [3.05, 3.63) is 72.8 Å². The van der Waals surface area contributed by atoms with Gasteiger partial charge >= 0.3 is 0 Å². The fraction of sp³-hybridized carbons (Fsp3) is 0. The van der Waals surface area contributed by atoms with Crippen molar-refractivity contribution in [1.29, 1.82) is 0 Å². The zero-order chi connectivity index (χ0) is 13.8. The molecule has 0 spiro atoms. The number of hydrogen-bond acceptors (Lipinski definition) is 3. The Balaban J connectivity index is 1.75. The number of anilines is 1. The van der Waals surface area contributed by atoms with Gasteiger partial charge in [0, 0.05) is 5.56 Å². The number of nitrogens with zero attached hydrogens (tertiary/aromatic N) is 1. The summed E-state index contributed by atoms with van der Waals surface area (Å²) < 4.78 is 5.03. The Morgan fingerprint density at radius 1 is 1.00 bits per heavy atom.